The largest absolute Gasteiger partial charge is 0.315 e. The summed E-state index contributed by atoms with van der Waals surface area (Å²) in [5.41, 5.74) is 4.23. The van der Waals surface area contributed by atoms with Crippen LogP contribution in [0.3, 0.4) is 0 Å². The van der Waals surface area contributed by atoms with Gasteiger partial charge in [-0.2, -0.15) is 0 Å². The van der Waals surface area contributed by atoms with Crippen molar-refractivity contribution < 1.29 is 0 Å². The molecule has 0 aromatic heterocycles. The predicted molar refractivity (Wildman–Crippen MR) is 77.9 cm³/mol. The maximum Gasteiger partial charge on any atom is 0.0237 e. The van der Waals surface area contributed by atoms with Crippen LogP contribution in [0.2, 0.25) is 0 Å². The van der Waals surface area contributed by atoms with Gasteiger partial charge >= 0.3 is 0 Å². The SMILES string of the molecule is CCNCC1CCCN1Cc1cc(C)cc(C)c1. The maximum absolute atomic E-state index is 3.49. The van der Waals surface area contributed by atoms with Crippen molar-refractivity contribution in [3.63, 3.8) is 0 Å². The summed E-state index contributed by atoms with van der Waals surface area (Å²) in [6, 6.07) is 7.64. The average Bonchev–Trinajstić information content (AvgIpc) is 2.72. The minimum absolute atomic E-state index is 0.728. The van der Waals surface area contributed by atoms with Crippen LogP contribution in [0.1, 0.15) is 36.5 Å². The molecule has 1 aromatic carbocycles. The summed E-state index contributed by atoms with van der Waals surface area (Å²) in [5, 5.41) is 3.49. The van der Waals surface area contributed by atoms with Gasteiger partial charge in [-0.3, -0.25) is 4.90 Å². The molecule has 18 heavy (non-hydrogen) atoms. The first-order valence-corrected chi connectivity index (χ1v) is 7.21. The van der Waals surface area contributed by atoms with Crippen molar-refractivity contribution in [2.45, 2.75) is 46.2 Å². The summed E-state index contributed by atoms with van der Waals surface area (Å²) < 4.78 is 0. The van der Waals surface area contributed by atoms with Crippen molar-refractivity contribution in [1.82, 2.24) is 10.2 Å². The third kappa shape index (κ3) is 3.56. The Hall–Kier alpha value is -0.860. The Morgan fingerprint density at radius 2 is 1.94 bits per heavy atom. The van der Waals surface area contributed by atoms with Gasteiger partial charge < -0.3 is 5.32 Å². The highest BCUT2D eigenvalue weighted by molar-refractivity contribution is 5.28. The summed E-state index contributed by atoms with van der Waals surface area (Å²) in [6.07, 6.45) is 2.69. The standard InChI is InChI=1S/C16H26N2/c1-4-17-11-16-6-5-7-18(16)12-15-9-13(2)8-14(3)10-15/h8-10,16-17H,4-7,11-12H2,1-3H3. The smallest absolute Gasteiger partial charge is 0.0237 e. The van der Waals surface area contributed by atoms with Crippen LogP contribution in [-0.2, 0) is 6.54 Å². The molecule has 2 nitrogen and oxygen atoms in total. The maximum atomic E-state index is 3.49. The molecule has 1 fully saturated rings. The lowest BCUT2D eigenvalue weighted by Gasteiger charge is -2.25. The lowest BCUT2D eigenvalue weighted by atomic mass is 10.1. The molecule has 100 valence electrons. The first-order chi connectivity index (χ1) is 8.69. The molecule has 1 aliphatic rings. The van der Waals surface area contributed by atoms with E-state index in [0.29, 0.717) is 0 Å². The lowest BCUT2D eigenvalue weighted by Crippen LogP contribution is -2.37. The number of nitrogens with one attached hydrogen (secondary N) is 1. The van der Waals surface area contributed by atoms with Crippen LogP contribution in [0.15, 0.2) is 18.2 Å². The van der Waals surface area contributed by atoms with Gasteiger partial charge in [-0.15, -0.1) is 0 Å². The molecule has 2 rings (SSSR count). The van der Waals surface area contributed by atoms with Crippen LogP contribution in [0.25, 0.3) is 0 Å². The monoisotopic (exact) mass is 246 g/mol. The van der Waals surface area contributed by atoms with Crippen LogP contribution in [0.5, 0.6) is 0 Å². The fraction of sp³-hybridized carbons (Fsp3) is 0.625. The third-order valence-corrected chi connectivity index (χ3v) is 3.80. The number of hydrogen-bond acceptors (Lipinski definition) is 2. The Kier molecular flexibility index (Phi) is 4.79. The van der Waals surface area contributed by atoms with Gasteiger partial charge in [0.25, 0.3) is 0 Å². The zero-order valence-electron chi connectivity index (χ0n) is 12.0. The van der Waals surface area contributed by atoms with Gasteiger partial charge in [-0.1, -0.05) is 36.2 Å². The second kappa shape index (κ2) is 6.35. The van der Waals surface area contributed by atoms with Crippen LogP contribution < -0.4 is 5.32 Å². The van der Waals surface area contributed by atoms with Crippen molar-refractivity contribution >= 4 is 0 Å². The second-order valence-electron chi connectivity index (χ2n) is 5.57. The van der Waals surface area contributed by atoms with E-state index in [0.717, 1.165) is 25.7 Å². The summed E-state index contributed by atoms with van der Waals surface area (Å²) in [5.74, 6) is 0. The van der Waals surface area contributed by atoms with E-state index in [1.54, 1.807) is 0 Å². The van der Waals surface area contributed by atoms with E-state index < -0.39 is 0 Å². The van der Waals surface area contributed by atoms with Gasteiger partial charge in [0, 0.05) is 19.1 Å². The lowest BCUT2D eigenvalue weighted by molar-refractivity contribution is 0.240. The minimum atomic E-state index is 0.728. The molecule has 1 unspecified atom stereocenters. The van der Waals surface area contributed by atoms with Gasteiger partial charge in [0.1, 0.15) is 0 Å². The first-order valence-electron chi connectivity index (χ1n) is 7.21. The van der Waals surface area contributed by atoms with E-state index in [1.165, 1.54) is 36.1 Å². The number of hydrogen-bond donors (Lipinski definition) is 1. The molecular weight excluding hydrogens is 220 g/mol. The van der Waals surface area contributed by atoms with Crippen LogP contribution in [0, 0.1) is 13.8 Å². The minimum Gasteiger partial charge on any atom is -0.315 e. The van der Waals surface area contributed by atoms with Crippen LogP contribution in [0.4, 0.5) is 0 Å². The van der Waals surface area contributed by atoms with Gasteiger partial charge in [0.15, 0.2) is 0 Å². The molecule has 0 bridgehead atoms. The van der Waals surface area contributed by atoms with Crippen molar-refractivity contribution in [2.24, 2.45) is 0 Å². The molecule has 0 aliphatic carbocycles. The molecule has 1 N–H and O–H groups in total. The molecule has 0 spiro atoms. The molecule has 1 heterocycles. The van der Waals surface area contributed by atoms with Gasteiger partial charge in [-0.05, 0) is 45.3 Å². The summed E-state index contributed by atoms with van der Waals surface area (Å²) in [7, 11) is 0. The van der Waals surface area contributed by atoms with Gasteiger partial charge in [0.05, 0.1) is 0 Å². The quantitative estimate of drug-likeness (QED) is 0.859. The second-order valence-corrected chi connectivity index (χ2v) is 5.57. The van der Waals surface area contributed by atoms with Gasteiger partial charge in [-0.25, -0.2) is 0 Å². The van der Waals surface area contributed by atoms with E-state index in [-0.39, 0.29) is 0 Å². The Bertz CT molecular complexity index is 366. The highest BCUT2D eigenvalue weighted by Crippen LogP contribution is 2.20. The zero-order valence-corrected chi connectivity index (χ0v) is 12.0. The molecular formula is C16H26N2. The van der Waals surface area contributed by atoms with E-state index in [4.69, 9.17) is 0 Å². The molecule has 1 aliphatic heterocycles. The molecule has 1 atom stereocenters. The van der Waals surface area contributed by atoms with Crippen molar-refractivity contribution in [2.75, 3.05) is 19.6 Å². The fourth-order valence-electron chi connectivity index (χ4n) is 3.04. The van der Waals surface area contributed by atoms with Crippen molar-refractivity contribution in [1.29, 1.82) is 0 Å². The number of nitrogens with zero attached hydrogens (tertiary/aromatic N) is 1. The number of benzene rings is 1. The number of likely N-dealkylation sites (N-methyl/N-ethyl adjacent to an activating group) is 1. The third-order valence-electron chi connectivity index (χ3n) is 3.80. The molecule has 1 saturated heterocycles. The van der Waals surface area contributed by atoms with Crippen LogP contribution >= 0.6 is 0 Å². The molecule has 0 saturated carbocycles. The Morgan fingerprint density at radius 1 is 1.22 bits per heavy atom. The Balaban J connectivity index is 1.98. The van der Waals surface area contributed by atoms with Crippen molar-refractivity contribution in [3.05, 3.63) is 34.9 Å². The molecule has 0 amide bonds. The van der Waals surface area contributed by atoms with Crippen LogP contribution in [-0.4, -0.2) is 30.6 Å². The normalized spacial score (nSPS) is 20.5. The zero-order chi connectivity index (χ0) is 13.0. The molecule has 2 heteroatoms. The first kappa shape index (κ1) is 13.6. The molecule has 1 aromatic rings. The number of rotatable bonds is 5. The van der Waals surface area contributed by atoms with E-state index >= 15 is 0 Å². The summed E-state index contributed by atoms with van der Waals surface area (Å²) >= 11 is 0. The predicted octanol–water partition coefficient (Wildman–Crippen LogP) is 2.88. The fourth-order valence-corrected chi connectivity index (χ4v) is 3.04. The van der Waals surface area contributed by atoms with E-state index in [2.05, 4.69) is 49.2 Å². The highest BCUT2D eigenvalue weighted by Gasteiger charge is 2.23. The summed E-state index contributed by atoms with van der Waals surface area (Å²) in [4.78, 5) is 2.64. The van der Waals surface area contributed by atoms with Gasteiger partial charge in [0.2, 0.25) is 0 Å². The highest BCUT2D eigenvalue weighted by atomic mass is 15.2. The van der Waals surface area contributed by atoms with E-state index in [1.807, 2.05) is 0 Å². The number of aryl methyl sites for hydroxylation is 2. The number of likely N-dealkylation sites (tertiary alicyclic amines) is 1. The van der Waals surface area contributed by atoms with E-state index in [9.17, 15) is 0 Å². The Morgan fingerprint density at radius 3 is 2.61 bits per heavy atom. The Labute approximate surface area is 111 Å². The van der Waals surface area contributed by atoms with Crippen molar-refractivity contribution in [3.8, 4) is 0 Å². The molecule has 0 radical (unpaired) electrons. The average molecular weight is 246 g/mol. The topological polar surface area (TPSA) is 15.3 Å². The summed E-state index contributed by atoms with van der Waals surface area (Å²) in [6.45, 7) is 11.1.